The predicted molar refractivity (Wildman–Crippen MR) is 169 cm³/mol. The van der Waals surface area contributed by atoms with E-state index in [-0.39, 0.29) is 23.1 Å². The number of carbonyl (C=O) groups excluding carboxylic acids is 3. The fraction of sp³-hybridized carbons (Fsp3) is 0.0571. The number of carbonyl (C=O) groups is 3. The van der Waals surface area contributed by atoms with Gasteiger partial charge in [0.1, 0.15) is 11.4 Å². The first-order chi connectivity index (χ1) is 20.5. The predicted octanol–water partition coefficient (Wildman–Crippen LogP) is 7.23. The molecule has 5 aromatic rings. The van der Waals surface area contributed by atoms with E-state index in [0.717, 1.165) is 21.2 Å². The van der Waals surface area contributed by atoms with Crippen LogP contribution >= 0.6 is 11.8 Å². The summed E-state index contributed by atoms with van der Waals surface area (Å²) < 4.78 is 5.15. The number of anilines is 1. The molecule has 0 aromatic heterocycles. The number of thioether (sulfide) groups is 1. The second kappa shape index (κ2) is 13.5. The standard InChI is InChI=1S/C35H28N2O4S/c1-41-29-18-14-25(15-19-29)33(38)23-42-30-20-16-28(17-21-30)36-35(40)32(37-34(39)26-9-3-2-4-10-26)22-27-12-7-11-24-8-5-6-13-31(24)27/h2-22H,23H2,1H3,(H,36,40)(H,37,39)/b32-22-. The average molecular weight is 573 g/mol. The Morgan fingerprint density at radius 2 is 1.43 bits per heavy atom. The SMILES string of the molecule is COc1ccc(C(=O)CSc2ccc(NC(=O)/C(=C/c3cccc4ccccc34)NC(=O)c3ccccc3)cc2)cc1. The molecular formula is C35H28N2O4S. The van der Waals surface area contributed by atoms with Crippen molar-refractivity contribution in [1.29, 1.82) is 0 Å². The summed E-state index contributed by atoms with van der Waals surface area (Å²) in [4.78, 5) is 39.9. The molecule has 0 saturated carbocycles. The van der Waals surface area contributed by atoms with Crippen molar-refractivity contribution in [3.8, 4) is 5.75 Å². The van der Waals surface area contributed by atoms with E-state index in [0.29, 0.717) is 22.6 Å². The maximum Gasteiger partial charge on any atom is 0.272 e. The number of hydrogen-bond acceptors (Lipinski definition) is 5. The maximum absolute atomic E-state index is 13.5. The Morgan fingerprint density at radius 1 is 0.738 bits per heavy atom. The molecule has 0 radical (unpaired) electrons. The van der Waals surface area contributed by atoms with E-state index in [4.69, 9.17) is 4.74 Å². The minimum Gasteiger partial charge on any atom is -0.497 e. The summed E-state index contributed by atoms with van der Waals surface area (Å²) in [7, 11) is 1.59. The lowest BCUT2D eigenvalue weighted by molar-refractivity contribution is -0.113. The van der Waals surface area contributed by atoms with E-state index in [1.807, 2.05) is 60.7 Å². The number of hydrogen-bond donors (Lipinski definition) is 2. The monoisotopic (exact) mass is 572 g/mol. The number of nitrogens with one attached hydrogen (secondary N) is 2. The summed E-state index contributed by atoms with van der Waals surface area (Å²) in [6.45, 7) is 0. The summed E-state index contributed by atoms with van der Waals surface area (Å²) in [5.41, 5.74) is 2.54. The van der Waals surface area contributed by atoms with Gasteiger partial charge in [-0.25, -0.2) is 0 Å². The number of ether oxygens (including phenoxy) is 1. The molecule has 2 N–H and O–H groups in total. The van der Waals surface area contributed by atoms with Gasteiger partial charge in [0.25, 0.3) is 11.8 Å². The van der Waals surface area contributed by atoms with Gasteiger partial charge < -0.3 is 15.4 Å². The van der Waals surface area contributed by atoms with E-state index in [1.165, 1.54) is 11.8 Å². The minimum absolute atomic E-state index is 0.0115. The second-order valence-electron chi connectivity index (χ2n) is 9.37. The van der Waals surface area contributed by atoms with Crippen LogP contribution in [-0.4, -0.2) is 30.5 Å². The zero-order chi connectivity index (χ0) is 29.3. The van der Waals surface area contributed by atoms with Gasteiger partial charge in [0.15, 0.2) is 5.78 Å². The van der Waals surface area contributed by atoms with Crippen LogP contribution in [0.4, 0.5) is 5.69 Å². The van der Waals surface area contributed by atoms with Crippen molar-refractivity contribution in [2.24, 2.45) is 0 Å². The van der Waals surface area contributed by atoms with Crippen molar-refractivity contribution >= 4 is 51.9 Å². The van der Waals surface area contributed by atoms with Gasteiger partial charge in [-0.2, -0.15) is 0 Å². The van der Waals surface area contributed by atoms with Crippen LogP contribution in [0.5, 0.6) is 5.75 Å². The van der Waals surface area contributed by atoms with Crippen molar-refractivity contribution in [1.82, 2.24) is 5.32 Å². The van der Waals surface area contributed by atoms with E-state index in [1.54, 1.807) is 73.8 Å². The number of Topliss-reactive ketones (excluding diaryl/α,β-unsaturated/α-hetero) is 1. The molecule has 6 nitrogen and oxygen atoms in total. The van der Waals surface area contributed by atoms with Gasteiger partial charge in [-0.05, 0) is 83.1 Å². The summed E-state index contributed by atoms with van der Waals surface area (Å²) in [6.07, 6.45) is 1.69. The van der Waals surface area contributed by atoms with Crippen LogP contribution in [0.3, 0.4) is 0 Å². The molecule has 5 rings (SSSR count). The van der Waals surface area contributed by atoms with Gasteiger partial charge in [-0.15, -0.1) is 11.8 Å². The highest BCUT2D eigenvalue weighted by Crippen LogP contribution is 2.24. The zero-order valence-corrected chi connectivity index (χ0v) is 23.7. The molecule has 0 spiro atoms. The third-order valence-corrected chi connectivity index (χ3v) is 7.56. The Hall–Kier alpha value is -5.14. The number of ketones is 1. The third-order valence-electron chi connectivity index (χ3n) is 6.55. The second-order valence-corrected chi connectivity index (χ2v) is 10.4. The van der Waals surface area contributed by atoms with Gasteiger partial charge in [0.05, 0.1) is 12.9 Å². The number of fused-ring (bicyclic) bond motifs is 1. The molecule has 5 aromatic carbocycles. The molecule has 208 valence electrons. The molecule has 2 amide bonds. The van der Waals surface area contributed by atoms with Crippen molar-refractivity contribution in [3.05, 3.63) is 144 Å². The third kappa shape index (κ3) is 7.13. The van der Waals surface area contributed by atoms with Crippen LogP contribution in [0.2, 0.25) is 0 Å². The van der Waals surface area contributed by atoms with Crippen molar-refractivity contribution in [3.63, 3.8) is 0 Å². The van der Waals surface area contributed by atoms with Crippen LogP contribution in [0.1, 0.15) is 26.3 Å². The van der Waals surface area contributed by atoms with E-state index in [9.17, 15) is 14.4 Å². The molecule has 0 aliphatic carbocycles. The van der Waals surface area contributed by atoms with Gasteiger partial charge in [0, 0.05) is 21.7 Å². The molecular weight excluding hydrogens is 544 g/mol. The summed E-state index contributed by atoms with van der Waals surface area (Å²) >= 11 is 1.41. The Labute approximate surface area is 248 Å². The topological polar surface area (TPSA) is 84.5 Å². The first kappa shape index (κ1) is 28.4. The highest BCUT2D eigenvalue weighted by Gasteiger charge is 2.16. The molecule has 7 heteroatoms. The highest BCUT2D eigenvalue weighted by atomic mass is 32.2. The van der Waals surface area contributed by atoms with Gasteiger partial charge in [-0.3, -0.25) is 14.4 Å². The minimum atomic E-state index is -0.456. The first-order valence-corrected chi connectivity index (χ1v) is 14.3. The molecule has 0 heterocycles. The van der Waals surface area contributed by atoms with Crippen LogP contribution in [-0.2, 0) is 4.79 Å². The Kier molecular flexibility index (Phi) is 9.11. The number of amides is 2. The lowest BCUT2D eigenvalue weighted by Crippen LogP contribution is -2.30. The van der Waals surface area contributed by atoms with Gasteiger partial charge in [0.2, 0.25) is 0 Å². The Balaban J connectivity index is 1.31. The lowest BCUT2D eigenvalue weighted by atomic mass is 10.0. The summed E-state index contributed by atoms with van der Waals surface area (Å²) in [6, 6.07) is 36.7. The molecule has 0 bridgehead atoms. The van der Waals surface area contributed by atoms with E-state index < -0.39 is 5.91 Å². The molecule has 0 fully saturated rings. The number of rotatable bonds is 10. The summed E-state index contributed by atoms with van der Waals surface area (Å²) in [5, 5.41) is 7.67. The normalized spacial score (nSPS) is 11.1. The zero-order valence-electron chi connectivity index (χ0n) is 22.9. The quantitative estimate of drug-likeness (QED) is 0.105. The molecule has 0 aliphatic rings. The fourth-order valence-electron chi connectivity index (χ4n) is 4.32. The number of benzene rings is 5. The average Bonchev–Trinajstić information content (AvgIpc) is 3.04. The largest absolute Gasteiger partial charge is 0.497 e. The van der Waals surface area contributed by atoms with Gasteiger partial charge >= 0.3 is 0 Å². The van der Waals surface area contributed by atoms with Crippen LogP contribution < -0.4 is 15.4 Å². The van der Waals surface area contributed by atoms with E-state index in [2.05, 4.69) is 10.6 Å². The van der Waals surface area contributed by atoms with Crippen molar-refractivity contribution in [2.45, 2.75) is 4.90 Å². The van der Waals surface area contributed by atoms with Crippen LogP contribution in [0.15, 0.2) is 132 Å². The molecule has 42 heavy (non-hydrogen) atoms. The first-order valence-electron chi connectivity index (χ1n) is 13.3. The van der Waals surface area contributed by atoms with Crippen molar-refractivity contribution < 1.29 is 19.1 Å². The Bertz CT molecular complexity index is 1740. The fourth-order valence-corrected chi connectivity index (χ4v) is 5.11. The smallest absolute Gasteiger partial charge is 0.272 e. The summed E-state index contributed by atoms with van der Waals surface area (Å²) in [5.74, 6) is 0.151. The lowest BCUT2D eigenvalue weighted by Gasteiger charge is -2.12. The molecule has 0 unspecified atom stereocenters. The highest BCUT2D eigenvalue weighted by molar-refractivity contribution is 8.00. The Morgan fingerprint density at radius 3 is 2.17 bits per heavy atom. The molecule has 0 aliphatic heterocycles. The van der Waals surface area contributed by atoms with Crippen LogP contribution in [0.25, 0.3) is 16.8 Å². The van der Waals surface area contributed by atoms with Gasteiger partial charge in [-0.1, -0.05) is 60.7 Å². The molecule has 0 atom stereocenters. The van der Waals surface area contributed by atoms with E-state index >= 15 is 0 Å². The number of methoxy groups -OCH3 is 1. The van der Waals surface area contributed by atoms with Crippen molar-refractivity contribution in [2.75, 3.05) is 18.2 Å². The maximum atomic E-state index is 13.5. The van der Waals surface area contributed by atoms with Crippen LogP contribution in [0, 0.1) is 0 Å². The molecule has 0 saturated heterocycles.